The molecule has 0 spiro atoms. The molecular formula is C26H22FI2N5O4. The number of rotatable bonds is 5. The van der Waals surface area contributed by atoms with Crippen LogP contribution in [0.1, 0.15) is 34.8 Å². The van der Waals surface area contributed by atoms with Gasteiger partial charge in [0.15, 0.2) is 0 Å². The smallest absolute Gasteiger partial charge is 0.336 e. The summed E-state index contributed by atoms with van der Waals surface area (Å²) in [4.78, 5) is 53.7. The van der Waals surface area contributed by atoms with Crippen LogP contribution in [0, 0.1) is 16.3 Å². The van der Waals surface area contributed by atoms with Gasteiger partial charge in [-0.25, -0.2) is 9.18 Å². The standard InChI is InChI=1S/C26H22FI2N5O4/c1-13-21-20(23(31(3)24(13)36)34(29)19-10-7-15(28)12-18(19)27)25(37)33(16-8-9-16)26(38)32(21)17-6-4-5-14(11-17)22(35)30-2/h4-7,10-12,16H,8-9H2,1-3H3,(H,30,35). The third kappa shape index (κ3) is 4.26. The van der Waals surface area contributed by atoms with Gasteiger partial charge < -0.3 is 5.32 Å². The lowest BCUT2D eigenvalue weighted by Gasteiger charge is -2.25. The fourth-order valence-corrected chi connectivity index (χ4v) is 6.02. The van der Waals surface area contributed by atoms with E-state index in [0.717, 1.165) is 0 Å². The topological polar surface area (TPSA) is 98.3 Å². The van der Waals surface area contributed by atoms with Crippen LogP contribution in [0.15, 0.2) is 56.8 Å². The molecule has 12 heteroatoms. The van der Waals surface area contributed by atoms with E-state index in [9.17, 15) is 19.2 Å². The molecule has 0 saturated heterocycles. The van der Waals surface area contributed by atoms with E-state index in [4.69, 9.17) is 0 Å². The van der Waals surface area contributed by atoms with Crippen LogP contribution in [0.4, 0.5) is 15.9 Å². The number of hydrogen-bond acceptors (Lipinski definition) is 5. The van der Waals surface area contributed by atoms with Gasteiger partial charge >= 0.3 is 5.69 Å². The number of fused-ring (bicyclic) bond motifs is 1. The Labute approximate surface area is 243 Å². The van der Waals surface area contributed by atoms with Gasteiger partial charge in [-0.05, 0) is 78.8 Å². The Bertz CT molecular complexity index is 1820. The van der Waals surface area contributed by atoms with Crippen molar-refractivity contribution in [2.45, 2.75) is 25.8 Å². The molecule has 1 saturated carbocycles. The predicted octanol–water partition coefficient (Wildman–Crippen LogP) is 4.09. The van der Waals surface area contributed by atoms with Crippen molar-refractivity contribution >= 4 is 73.8 Å². The lowest BCUT2D eigenvalue weighted by molar-refractivity contribution is 0.0963. The Kier molecular flexibility index (Phi) is 6.96. The van der Waals surface area contributed by atoms with Gasteiger partial charge in [-0.1, -0.05) is 6.07 Å². The Balaban J connectivity index is 1.96. The minimum absolute atomic E-state index is 0.105. The van der Waals surface area contributed by atoms with Crippen molar-refractivity contribution in [3.63, 3.8) is 0 Å². The van der Waals surface area contributed by atoms with E-state index >= 15 is 4.39 Å². The highest BCUT2D eigenvalue weighted by molar-refractivity contribution is 14.1. The summed E-state index contributed by atoms with van der Waals surface area (Å²) in [5.41, 5.74) is -0.486. The maximum atomic E-state index is 15.1. The number of benzene rings is 2. The van der Waals surface area contributed by atoms with E-state index in [0.29, 0.717) is 27.7 Å². The van der Waals surface area contributed by atoms with Gasteiger partial charge in [0.05, 0.1) is 39.8 Å². The normalized spacial score (nSPS) is 13.1. The largest absolute Gasteiger partial charge is 0.355 e. The van der Waals surface area contributed by atoms with Crippen molar-refractivity contribution in [3.05, 3.63) is 94.2 Å². The third-order valence-electron chi connectivity index (χ3n) is 6.63. The highest BCUT2D eigenvalue weighted by Gasteiger charge is 2.32. The van der Waals surface area contributed by atoms with E-state index in [1.165, 1.54) is 37.0 Å². The number of nitrogens with one attached hydrogen (secondary N) is 1. The molecular weight excluding hydrogens is 719 g/mol. The minimum Gasteiger partial charge on any atom is -0.355 e. The molecule has 0 unspecified atom stereocenters. The molecule has 196 valence electrons. The van der Waals surface area contributed by atoms with Crippen molar-refractivity contribution in [1.82, 2.24) is 19.0 Å². The molecule has 38 heavy (non-hydrogen) atoms. The summed E-state index contributed by atoms with van der Waals surface area (Å²) in [6.07, 6.45) is 1.33. The summed E-state index contributed by atoms with van der Waals surface area (Å²) in [5, 5.41) is 2.67. The van der Waals surface area contributed by atoms with Crippen LogP contribution < -0.4 is 25.2 Å². The lowest BCUT2D eigenvalue weighted by Crippen LogP contribution is -2.41. The fourth-order valence-electron chi connectivity index (χ4n) is 4.61. The first-order valence-corrected chi connectivity index (χ1v) is 13.8. The van der Waals surface area contributed by atoms with Crippen LogP contribution in [0.3, 0.4) is 0 Å². The first kappa shape index (κ1) is 26.6. The summed E-state index contributed by atoms with van der Waals surface area (Å²) in [6, 6.07) is 10.8. The molecule has 9 nitrogen and oxygen atoms in total. The Hall–Kier alpha value is -3.01. The quantitative estimate of drug-likeness (QED) is 0.246. The van der Waals surface area contributed by atoms with Crippen LogP contribution >= 0.6 is 45.5 Å². The van der Waals surface area contributed by atoms with E-state index in [1.807, 2.05) is 45.5 Å². The molecule has 5 rings (SSSR count). The molecule has 1 aliphatic carbocycles. The zero-order chi connectivity index (χ0) is 27.5. The lowest BCUT2D eigenvalue weighted by atomic mass is 10.1. The number of carbonyl (C=O) groups excluding carboxylic acids is 1. The monoisotopic (exact) mass is 741 g/mol. The summed E-state index contributed by atoms with van der Waals surface area (Å²) >= 11 is 3.87. The summed E-state index contributed by atoms with van der Waals surface area (Å²) < 4.78 is 21.0. The molecule has 2 heterocycles. The number of pyridine rings is 1. The van der Waals surface area contributed by atoms with E-state index < -0.39 is 22.6 Å². The maximum absolute atomic E-state index is 15.1. The molecule has 1 fully saturated rings. The molecule has 1 aliphatic rings. The molecule has 4 aromatic rings. The van der Waals surface area contributed by atoms with Crippen LogP contribution in [-0.2, 0) is 7.05 Å². The summed E-state index contributed by atoms with van der Waals surface area (Å²) in [5.74, 6) is -0.728. The van der Waals surface area contributed by atoms with Crippen LogP contribution in [0.5, 0.6) is 0 Å². The molecule has 2 aromatic heterocycles. The molecule has 1 N–H and O–H groups in total. The van der Waals surface area contributed by atoms with Crippen molar-refractivity contribution in [2.75, 3.05) is 10.2 Å². The van der Waals surface area contributed by atoms with Crippen LogP contribution in [0.25, 0.3) is 16.6 Å². The van der Waals surface area contributed by atoms with E-state index in [2.05, 4.69) is 5.32 Å². The van der Waals surface area contributed by atoms with E-state index in [1.54, 1.807) is 43.3 Å². The maximum Gasteiger partial charge on any atom is 0.336 e. The van der Waals surface area contributed by atoms with Crippen molar-refractivity contribution < 1.29 is 9.18 Å². The highest BCUT2D eigenvalue weighted by Crippen LogP contribution is 2.37. The number of aromatic nitrogens is 3. The first-order valence-electron chi connectivity index (χ1n) is 11.7. The van der Waals surface area contributed by atoms with Crippen molar-refractivity contribution in [3.8, 4) is 5.69 Å². The van der Waals surface area contributed by atoms with Crippen LogP contribution in [-0.4, -0.2) is 26.7 Å². The second-order valence-electron chi connectivity index (χ2n) is 9.07. The number of nitrogens with zero attached hydrogens (tertiary/aromatic N) is 4. The zero-order valence-electron chi connectivity index (χ0n) is 20.6. The summed E-state index contributed by atoms with van der Waals surface area (Å²) in [7, 11) is 3.02. The van der Waals surface area contributed by atoms with Gasteiger partial charge in [0.1, 0.15) is 17.0 Å². The third-order valence-corrected chi connectivity index (χ3v) is 8.27. The molecule has 1 amide bonds. The average Bonchev–Trinajstić information content (AvgIpc) is 3.72. The van der Waals surface area contributed by atoms with Gasteiger partial charge in [0.25, 0.3) is 17.0 Å². The minimum atomic E-state index is -0.596. The fraction of sp³-hybridized carbons (Fsp3) is 0.231. The highest BCUT2D eigenvalue weighted by atomic mass is 127. The molecule has 0 radical (unpaired) electrons. The Morgan fingerprint density at radius 2 is 1.82 bits per heavy atom. The number of amides is 1. The van der Waals surface area contributed by atoms with Crippen molar-refractivity contribution in [2.24, 2.45) is 7.05 Å². The SMILES string of the molecule is CNC(=O)c1cccc(-n2c(=O)n(C3CC3)c(=O)c3c(N(I)c4ccc(I)cc4F)n(C)c(=O)c(C)c32)c1. The second kappa shape index (κ2) is 9.94. The summed E-state index contributed by atoms with van der Waals surface area (Å²) in [6.45, 7) is 1.55. The number of hydrogen-bond donors (Lipinski definition) is 1. The van der Waals surface area contributed by atoms with Crippen molar-refractivity contribution in [1.29, 1.82) is 0 Å². The molecule has 0 aliphatic heterocycles. The van der Waals surface area contributed by atoms with Gasteiger partial charge in [0.2, 0.25) is 0 Å². The Morgan fingerprint density at radius 1 is 1.11 bits per heavy atom. The number of halogens is 3. The molecule has 2 aromatic carbocycles. The van der Waals surface area contributed by atoms with Gasteiger partial charge in [-0.2, -0.15) is 0 Å². The van der Waals surface area contributed by atoms with Gasteiger partial charge in [0, 0.05) is 34.8 Å². The van der Waals surface area contributed by atoms with Gasteiger partial charge in [-0.15, -0.1) is 0 Å². The zero-order valence-corrected chi connectivity index (χ0v) is 24.9. The molecule has 0 atom stereocenters. The number of anilines is 2. The van der Waals surface area contributed by atoms with Crippen LogP contribution in [0.2, 0.25) is 0 Å². The average molecular weight is 741 g/mol. The molecule has 0 bridgehead atoms. The number of aryl methyl sites for hydroxylation is 1. The number of carbonyl (C=O) groups is 1. The predicted molar refractivity (Wildman–Crippen MR) is 161 cm³/mol. The Morgan fingerprint density at radius 3 is 2.45 bits per heavy atom. The van der Waals surface area contributed by atoms with Gasteiger partial charge in [-0.3, -0.25) is 31.2 Å². The first-order chi connectivity index (χ1) is 18.1. The van der Waals surface area contributed by atoms with E-state index in [-0.39, 0.29) is 39.9 Å². The second-order valence-corrected chi connectivity index (χ2v) is 11.3.